The van der Waals surface area contributed by atoms with Gasteiger partial charge in [-0.25, -0.2) is 0 Å². The highest BCUT2D eigenvalue weighted by Crippen LogP contribution is 2.00. The van der Waals surface area contributed by atoms with Crippen LogP contribution in [0.2, 0.25) is 0 Å². The van der Waals surface area contributed by atoms with Crippen molar-refractivity contribution < 1.29 is 0 Å². The van der Waals surface area contributed by atoms with E-state index in [2.05, 4.69) is 13.8 Å². The van der Waals surface area contributed by atoms with E-state index in [1.54, 1.807) is 11.8 Å². The molecule has 0 amide bonds. The molecule has 0 aromatic heterocycles. The fraction of sp³-hybridized carbons (Fsp3) is 0.833. The highest BCUT2D eigenvalue weighted by Gasteiger charge is 1.98. The Bertz CT molecular complexity index is 78.6. The molecule has 0 heterocycles. The van der Waals surface area contributed by atoms with Gasteiger partial charge < -0.3 is 5.41 Å². The van der Waals surface area contributed by atoms with E-state index < -0.39 is 0 Å². The maximum absolute atomic E-state index is 7.32. The molecule has 0 aliphatic carbocycles. The summed E-state index contributed by atoms with van der Waals surface area (Å²) in [5.74, 6) is 1.32. The Morgan fingerprint density at radius 3 is 2.25 bits per heavy atom. The lowest BCUT2D eigenvalue weighted by Crippen LogP contribution is -2.07. The first-order valence-electron chi connectivity index (χ1n) is 2.74. The van der Waals surface area contributed by atoms with Crippen molar-refractivity contribution in [2.75, 3.05) is 12.0 Å². The van der Waals surface area contributed by atoms with Crippen LogP contribution >= 0.6 is 11.8 Å². The SMILES string of the molecule is CSCC(=N)C(C)C. The summed E-state index contributed by atoms with van der Waals surface area (Å²) in [6, 6.07) is 0. The minimum Gasteiger partial charge on any atom is -0.309 e. The molecule has 1 nitrogen and oxygen atoms in total. The molecule has 0 unspecified atom stereocenters. The minimum atomic E-state index is 0.433. The second-order valence-corrected chi connectivity index (χ2v) is 2.98. The van der Waals surface area contributed by atoms with Gasteiger partial charge in [-0.05, 0) is 12.2 Å². The van der Waals surface area contributed by atoms with Crippen LogP contribution in [0.5, 0.6) is 0 Å². The van der Waals surface area contributed by atoms with Crippen molar-refractivity contribution >= 4 is 17.5 Å². The van der Waals surface area contributed by atoms with Gasteiger partial charge in [-0.3, -0.25) is 0 Å². The Labute approximate surface area is 55.4 Å². The highest BCUT2D eigenvalue weighted by atomic mass is 32.2. The van der Waals surface area contributed by atoms with Crippen LogP contribution < -0.4 is 0 Å². The molecule has 0 atom stereocenters. The summed E-state index contributed by atoms with van der Waals surface area (Å²) < 4.78 is 0. The molecule has 0 aromatic carbocycles. The minimum absolute atomic E-state index is 0.433. The Morgan fingerprint density at radius 2 is 2.12 bits per heavy atom. The molecule has 0 spiro atoms. The normalized spacial score (nSPS) is 10.0. The van der Waals surface area contributed by atoms with Crippen molar-refractivity contribution in [1.29, 1.82) is 5.41 Å². The fourth-order valence-electron chi connectivity index (χ4n) is 0.322. The van der Waals surface area contributed by atoms with E-state index >= 15 is 0 Å². The van der Waals surface area contributed by atoms with E-state index in [0.29, 0.717) is 5.92 Å². The predicted octanol–water partition coefficient (Wildman–Crippen LogP) is 2.03. The zero-order valence-electron chi connectivity index (χ0n) is 5.69. The molecule has 0 aliphatic rings. The number of nitrogens with one attached hydrogen (secondary N) is 1. The lowest BCUT2D eigenvalue weighted by molar-refractivity contribution is 0.873. The second-order valence-electron chi connectivity index (χ2n) is 2.11. The molecule has 0 aliphatic heterocycles. The summed E-state index contributed by atoms with van der Waals surface area (Å²) in [5.41, 5.74) is 0.845. The van der Waals surface area contributed by atoms with Gasteiger partial charge in [-0.1, -0.05) is 13.8 Å². The molecular weight excluding hydrogens is 118 g/mol. The molecule has 0 saturated heterocycles. The van der Waals surface area contributed by atoms with Crippen LogP contribution in [0, 0.1) is 11.3 Å². The number of rotatable bonds is 3. The molecule has 0 fully saturated rings. The first-order valence-corrected chi connectivity index (χ1v) is 4.14. The summed E-state index contributed by atoms with van der Waals surface area (Å²) in [7, 11) is 0. The molecule has 0 saturated carbocycles. The zero-order chi connectivity index (χ0) is 6.57. The summed E-state index contributed by atoms with van der Waals surface area (Å²) in [5, 5.41) is 7.32. The molecule has 0 aromatic rings. The van der Waals surface area contributed by atoms with Gasteiger partial charge in [0, 0.05) is 11.5 Å². The summed E-state index contributed by atoms with van der Waals surface area (Å²) in [6.45, 7) is 4.11. The van der Waals surface area contributed by atoms with Crippen molar-refractivity contribution in [1.82, 2.24) is 0 Å². The Hall–Kier alpha value is 0.0200. The molecule has 0 rings (SSSR count). The maximum Gasteiger partial charge on any atom is 0.0311 e. The maximum atomic E-state index is 7.32. The van der Waals surface area contributed by atoms with Gasteiger partial charge in [0.1, 0.15) is 0 Å². The third kappa shape index (κ3) is 3.08. The topological polar surface area (TPSA) is 23.9 Å². The van der Waals surface area contributed by atoms with Crippen LogP contribution in [0.4, 0.5) is 0 Å². The largest absolute Gasteiger partial charge is 0.309 e. The van der Waals surface area contributed by atoms with E-state index in [0.717, 1.165) is 11.5 Å². The fourth-order valence-corrected chi connectivity index (χ4v) is 0.967. The van der Waals surface area contributed by atoms with Gasteiger partial charge >= 0.3 is 0 Å². The Balaban J connectivity index is 3.33. The van der Waals surface area contributed by atoms with E-state index in [4.69, 9.17) is 5.41 Å². The van der Waals surface area contributed by atoms with Crippen LogP contribution in [0.15, 0.2) is 0 Å². The van der Waals surface area contributed by atoms with E-state index in [1.165, 1.54) is 0 Å². The molecule has 8 heavy (non-hydrogen) atoms. The van der Waals surface area contributed by atoms with Crippen molar-refractivity contribution in [3.8, 4) is 0 Å². The predicted molar refractivity (Wildman–Crippen MR) is 40.9 cm³/mol. The van der Waals surface area contributed by atoms with E-state index in [-0.39, 0.29) is 0 Å². The van der Waals surface area contributed by atoms with Crippen LogP contribution in [0.1, 0.15) is 13.8 Å². The summed E-state index contributed by atoms with van der Waals surface area (Å²) in [4.78, 5) is 0. The van der Waals surface area contributed by atoms with E-state index in [9.17, 15) is 0 Å². The first-order chi connectivity index (χ1) is 3.68. The number of thioether (sulfide) groups is 1. The van der Waals surface area contributed by atoms with Crippen LogP contribution in [0.3, 0.4) is 0 Å². The van der Waals surface area contributed by atoms with Gasteiger partial charge in [0.05, 0.1) is 0 Å². The van der Waals surface area contributed by atoms with Crippen molar-refractivity contribution in [2.45, 2.75) is 13.8 Å². The van der Waals surface area contributed by atoms with Crippen LogP contribution in [-0.4, -0.2) is 17.7 Å². The average molecular weight is 131 g/mol. The zero-order valence-corrected chi connectivity index (χ0v) is 6.51. The van der Waals surface area contributed by atoms with Crippen molar-refractivity contribution in [3.05, 3.63) is 0 Å². The molecule has 1 N–H and O–H groups in total. The van der Waals surface area contributed by atoms with Gasteiger partial charge in [0.2, 0.25) is 0 Å². The Morgan fingerprint density at radius 1 is 1.62 bits per heavy atom. The smallest absolute Gasteiger partial charge is 0.0311 e. The Kier molecular flexibility index (Phi) is 3.97. The van der Waals surface area contributed by atoms with Gasteiger partial charge in [0.25, 0.3) is 0 Å². The molecule has 0 bridgehead atoms. The van der Waals surface area contributed by atoms with Crippen LogP contribution in [0.25, 0.3) is 0 Å². The summed E-state index contributed by atoms with van der Waals surface area (Å²) in [6.07, 6.45) is 2.02. The van der Waals surface area contributed by atoms with Crippen LogP contribution in [-0.2, 0) is 0 Å². The third-order valence-corrected chi connectivity index (χ3v) is 1.60. The molecular formula is C6H13NS. The lowest BCUT2D eigenvalue weighted by atomic mass is 10.1. The van der Waals surface area contributed by atoms with Gasteiger partial charge in [-0.2, -0.15) is 11.8 Å². The number of hydrogen-bond acceptors (Lipinski definition) is 2. The second kappa shape index (κ2) is 3.96. The number of hydrogen-bond donors (Lipinski definition) is 1. The standard InChI is InChI=1S/C6H13NS/c1-5(2)6(7)4-8-3/h5,7H,4H2,1-3H3. The summed E-state index contributed by atoms with van der Waals surface area (Å²) >= 11 is 1.71. The quantitative estimate of drug-likeness (QED) is 0.582. The van der Waals surface area contributed by atoms with Gasteiger partial charge in [-0.15, -0.1) is 0 Å². The monoisotopic (exact) mass is 131 g/mol. The molecule has 48 valence electrons. The third-order valence-electron chi connectivity index (χ3n) is 0.997. The average Bonchev–Trinajstić information content (AvgIpc) is 1.67. The van der Waals surface area contributed by atoms with E-state index in [1.807, 2.05) is 6.26 Å². The first kappa shape index (κ1) is 8.02. The van der Waals surface area contributed by atoms with Crippen molar-refractivity contribution in [3.63, 3.8) is 0 Å². The highest BCUT2D eigenvalue weighted by molar-refractivity contribution is 7.99. The molecule has 0 radical (unpaired) electrons. The van der Waals surface area contributed by atoms with Crippen molar-refractivity contribution in [2.24, 2.45) is 5.92 Å². The molecule has 2 heteroatoms. The lowest BCUT2D eigenvalue weighted by Gasteiger charge is -2.02. The van der Waals surface area contributed by atoms with Gasteiger partial charge in [0.15, 0.2) is 0 Å².